The van der Waals surface area contributed by atoms with Crippen molar-refractivity contribution in [1.82, 2.24) is 14.5 Å². The molecule has 1 aliphatic rings. The van der Waals surface area contributed by atoms with Crippen molar-refractivity contribution < 1.29 is 13.9 Å². The number of nitrogens with zero attached hydrogens (tertiary/aromatic N) is 3. The number of rotatable bonds is 2. The molecule has 3 heterocycles. The highest BCUT2D eigenvalue weighted by molar-refractivity contribution is 6.08. The van der Waals surface area contributed by atoms with Crippen molar-refractivity contribution in [2.24, 2.45) is 7.05 Å². The molecule has 0 unspecified atom stereocenters. The number of hydrogen-bond donors (Lipinski definition) is 0. The summed E-state index contributed by atoms with van der Waals surface area (Å²) in [6.07, 6.45) is 0.692. The Labute approximate surface area is 165 Å². The Morgan fingerprint density at radius 1 is 1.29 bits per heavy atom. The maximum absolute atomic E-state index is 13.5. The lowest BCUT2D eigenvalue weighted by Gasteiger charge is -2.25. The fourth-order valence-electron chi connectivity index (χ4n) is 3.80. The highest BCUT2D eigenvalue weighted by atomic mass is 16.5. The molecule has 1 aliphatic heterocycles. The van der Waals surface area contributed by atoms with E-state index in [0.717, 1.165) is 45.3 Å². The number of benzene rings is 1. The molecule has 6 nitrogen and oxygen atoms in total. The molecule has 2 aromatic heterocycles. The van der Waals surface area contributed by atoms with E-state index >= 15 is 0 Å². The molecule has 0 saturated carbocycles. The van der Waals surface area contributed by atoms with Gasteiger partial charge in [0.1, 0.15) is 17.2 Å². The van der Waals surface area contributed by atoms with E-state index in [-0.39, 0.29) is 11.3 Å². The van der Waals surface area contributed by atoms with Crippen molar-refractivity contribution in [2.45, 2.75) is 46.1 Å². The third-order valence-corrected chi connectivity index (χ3v) is 5.57. The second-order valence-corrected chi connectivity index (χ2v) is 8.52. The van der Waals surface area contributed by atoms with Gasteiger partial charge in [0, 0.05) is 42.0 Å². The van der Waals surface area contributed by atoms with Crippen LogP contribution in [0.5, 0.6) is 5.75 Å². The number of fused-ring (bicyclic) bond motifs is 2. The van der Waals surface area contributed by atoms with Gasteiger partial charge in [-0.3, -0.25) is 4.79 Å². The van der Waals surface area contributed by atoms with Crippen molar-refractivity contribution in [2.75, 3.05) is 13.7 Å². The lowest BCUT2D eigenvalue weighted by Crippen LogP contribution is -2.36. The largest absolute Gasteiger partial charge is 0.497 e. The first-order valence-electron chi connectivity index (χ1n) is 9.62. The van der Waals surface area contributed by atoms with E-state index in [4.69, 9.17) is 9.15 Å². The van der Waals surface area contributed by atoms with Crippen LogP contribution in [0.4, 0.5) is 0 Å². The number of ether oxygens (including phenoxy) is 1. The Bertz CT molecular complexity index is 1070. The number of carbonyl (C=O) groups is 1. The Hall–Kier alpha value is -2.76. The Morgan fingerprint density at radius 2 is 2.04 bits per heavy atom. The summed E-state index contributed by atoms with van der Waals surface area (Å²) in [5, 5.41) is 0.922. The number of amides is 1. The number of aromatic nitrogens is 2. The number of oxazole rings is 1. The van der Waals surface area contributed by atoms with Crippen molar-refractivity contribution in [1.29, 1.82) is 0 Å². The number of methoxy groups -OCH3 is 1. The van der Waals surface area contributed by atoms with E-state index in [0.29, 0.717) is 19.5 Å². The van der Waals surface area contributed by atoms with E-state index in [1.54, 1.807) is 7.11 Å². The Kier molecular flexibility index (Phi) is 4.25. The molecule has 3 aromatic rings. The minimum atomic E-state index is -0.144. The SMILES string of the molecule is COc1ccc2c(c1)c(C(=O)N1CCc3oc(C(C)(C)C)nc3C1)c(C)n2C. The first kappa shape index (κ1) is 18.6. The van der Waals surface area contributed by atoms with Crippen LogP contribution in [-0.4, -0.2) is 34.0 Å². The molecular weight excluding hydrogens is 354 g/mol. The van der Waals surface area contributed by atoms with Crippen molar-refractivity contribution in [3.05, 3.63) is 46.8 Å². The van der Waals surface area contributed by atoms with Gasteiger partial charge in [0.05, 0.1) is 19.2 Å². The van der Waals surface area contributed by atoms with Crippen LogP contribution in [0.3, 0.4) is 0 Å². The van der Waals surface area contributed by atoms with Gasteiger partial charge in [-0.05, 0) is 25.1 Å². The summed E-state index contributed by atoms with van der Waals surface area (Å²) in [6.45, 7) is 9.35. The van der Waals surface area contributed by atoms with Gasteiger partial charge in [0.25, 0.3) is 5.91 Å². The van der Waals surface area contributed by atoms with Crippen molar-refractivity contribution in [3.63, 3.8) is 0 Å². The molecule has 1 amide bonds. The molecular formula is C22H27N3O3. The van der Waals surface area contributed by atoms with Crippen LogP contribution in [-0.2, 0) is 25.4 Å². The van der Waals surface area contributed by atoms with Crippen LogP contribution < -0.4 is 4.74 Å². The third kappa shape index (κ3) is 2.87. The Balaban J connectivity index is 1.71. The molecule has 0 spiro atoms. The lowest BCUT2D eigenvalue weighted by molar-refractivity contribution is 0.0728. The van der Waals surface area contributed by atoms with E-state index in [1.165, 1.54) is 0 Å². The van der Waals surface area contributed by atoms with Gasteiger partial charge in [0.2, 0.25) is 0 Å². The second-order valence-electron chi connectivity index (χ2n) is 8.52. The topological polar surface area (TPSA) is 60.5 Å². The monoisotopic (exact) mass is 381 g/mol. The number of carbonyl (C=O) groups excluding carboxylic acids is 1. The van der Waals surface area contributed by atoms with Gasteiger partial charge in [-0.1, -0.05) is 20.8 Å². The summed E-state index contributed by atoms with van der Waals surface area (Å²) in [7, 11) is 3.63. The molecule has 28 heavy (non-hydrogen) atoms. The minimum Gasteiger partial charge on any atom is -0.497 e. The zero-order valence-electron chi connectivity index (χ0n) is 17.4. The molecule has 0 aliphatic carbocycles. The van der Waals surface area contributed by atoms with Gasteiger partial charge in [-0.15, -0.1) is 0 Å². The molecule has 0 fully saturated rings. The van der Waals surface area contributed by atoms with Crippen LogP contribution in [0.15, 0.2) is 22.6 Å². The smallest absolute Gasteiger partial charge is 0.256 e. The summed E-state index contributed by atoms with van der Waals surface area (Å²) in [4.78, 5) is 20.0. The molecule has 0 atom stereocenters. The van der Waals surface area contributed by atoms with Gasteiger partial charge in [0.15, 0.2) is 5.89 Å². The maximum atomic E-state index is 13.5. The molecule has 148 valence electrons. The molecule has 6 heteroatoms. The average Bonchev–Trinajstić information content (AvgIpc) is 3.20. The minimum absolute atomic E-state index is 0.0299. The molecule has 0 bridgehead atoms. The molecule has 1 aromatic carbocycles. The zero-order chi connectivity index (χ0) is 20.2. The Morgan fingerprint density at radius 3 is 2.71 bits per heavy atom. The van der Waals surface area contributed by atoms with Gasteiger partial charge < -0.3 is 18.6 Å². The number of aryl methyl sites for hydroxylation is 1. The highest BCUT2D eigenvalue weighted by Crippen LogP contribution is 2.32. The second kappa shape index (κ2) is 6.40. The predicted octanol–water partition coefficient (Wildman–Crippen LogP) is 3.98. The van der Waals surface area contributed by atoms with E-state index in [1.807, 2.05) is 37.1 Å². The molecule has 0 N–H and O–H groups in total. The average molecular weight is 381 g/mol. The standard InChI is InChI=1S/C22H27N3O3/c1-13-19(15-11-14(27-6)7-8-17(15)24(13)5)20(26)25-10-9-18-16(12-25)23-21(28-18)22(2,3)4/h7-8,11H,9-10,12H2,1-6H3. The summed E-state index contributed by atoms with van der Waals surface area (Å²) >= 11 is 0. The van der Waals surface area contributed by atoms with Gasteiger partial charge >= 0.3 is 0 Å². The zero-order valence-corrected chi connectivity index (χ0v) is 17.4. The quantitative estimate of drug-likeness (QED) is 0.674. The fraction of sp³-hybridized carbons (Fsp3) is 0.455. The van der Waals surface area contributed by atoms with Crippen molar-refractivity contribution >= 4 is 16.8 Å². The van der Waals surface area contributed by atoms with E-state index < -0.39 is 0 Å². The van der Waals surface area contributed by atoms with Gasteiger partial charge in [-0.2, -0.15) is 0 Å². The van der Waals surface area contributed by atoms with Crippen LogP contribution >= 0.6 is 0 Å². The number of hydrogen-bond acceptors (Lipinski definition) is 4. The molecule has 0 radical (unpaired) electrons. The van der Waals surface area contributed by atoms with Crippen LogP contribution in [0.25, 0.3) is 10.9 Å². The third-order valence-electron chi connectivity index (χ3n) is 5.57. The fourth-order valence-corrected chi connectivity index (χ4v) is 3.80. The van der Waals surface area contributed by atoms with E-state index in [2.05, 4.69) is 30.3 Å². The van der Waals surface area contributed by atoms with Crippen LogP contribution in [0, 0.1) is 6.92 Å². The highest BCUT2D eigenvalue weighted by Gasteiger charge is 2.31. The van der Waals surface area contributed by atoms with Crippen LogP contribution in [0.2, 0.25) is 0 Å². The van der Waals surface area contributed by atoms with Gasteiger partial charge in [-0.25, -0.2) is 4.98 Å². The van der Waals surface area contributed by atoms with Crippen LogP contribution in [0.1, 0.15) is 54.2 Å². The first-order valence-corrected chi connectivity index (χ1v) is 9.62. The summed E-state index contributed by atoms with van der Waals surface area (Å²) < 4.78 is 13.4. The molecule has 4 rings (SSSR count). The lowest BCUT2D eigenvalue weighted by atomic mass is 9.97. The summed E-state index contributed by atoms with van der Waals surface area (Å²) in [5.74, 6) is 2.42. The van der Waals surface area contributed by atoms with E-state index in [9.17, 15) is 4.79 Å². The molecule has 0 saturated heterocycles. The van der Waals surface area contributed by atoms with Crippen molar-refractivity contribution in [3.8, 4) is 5.75 Å². The summed E-state index contributed by atoms with van der Waals surface area (Å²) in [5.41, 5.74) is 3.44. The maximum Gasteiger partial charge on any atom is 0.256 e. The normalized spacial score (nSPS) is 14.4. The summed E-state index contributed by atoms with van der Waals surface area (Å²) in [6, 6.07) is 5.87. The predicted molar refractivity (Wildman–Crippen MR) is 108 cm³/mol. The first-order chi connectivity index (χ1) is 13.2.